The van der Waals surface area contributed by atoms with Crippen molar-refractivity contribution in [3.8, 4) is 0 Å². The summed E-state index contributed by atoms with van der Waals surface area (Å²) in [6.45, 7) is 2.50. The number of anilines is 2. The molecule has 6 heteroatoms. The SMILES string of the molecule is CCOC(=O)c1coc(Nc2ccccc2COC)n1. The molecule has 0 saturated carbocycles. The van der Waals surface area contributed by atoms with Gasteiger partial charge in [0.05, 0.1) is 13.2 Å². The second-order valence-corrected chi connectivity index (χ2v) is 3.97. The summed E-state index contributed by atoms with van der Waals surface area (Å²) in [4.78, 5) is 15.5. The first-order valence-corrected chi connectivity index (χ1v) is 6.21. The third kappa shape index (κ3) is 3.36. The van der Waals surface area contributed by atoms with E-state index in [9.17, 15) is 4.79 Å². The van der Waals surface area contributed by atoms with Crippen LogP contribution in [-0.4, -0.2) is 24.7 Å². The molecule has 0 aliphatic carbocycles. The maximum Gasteiger partial charge on any atom is 0.360 e. The number of oxazole rings is 1. The topological polar surface area (TPSA) is 73.6 Å². The molecule has 1 heterocycles. The van der Waals surface area contributed by atoms with Crippen LogP contribution in [0.4, 0.5) is 11.7 Å². The highest BCUT2D eigenvalue weighted by Gasteiger charge is 2.13. The highest BCUT2D eigenvalue weighted by Crippen LogP contribution is 2.21. The van der Waals surface area contributed by atoms with Crippen LogP contribution in [-0.2, 0) is 16.1 Å². The Labute approximate surface area is 116 Å². The Kier molecular flexibility index (Phi) is 4.73. The average Bonchev–Trinajstić information content (AvgIpc) is 2.90. The molecular weight excluding hydrogens is 260 g/mol. The number of nitrogens with zero attached hydrogens (tertiary/aromatic N) is 1. The monoisotopic (exact) mass is 276 g/mol. The van der Waals surface area contributed by atoms with Crippen LogP contribution in [0.2, 0.25) is 0 Å². The zero-order valence-corrected chi connectivity index (χ0v) is 11.4. The highest BCUT2D eigenvalue weighted by molar-refractivity contribution is 5.87. The van der Waals surface area contributed by atoms with Crippen molar-refractivity contribution in [2.45, 2.75) is 13.5 Å². The Morgan fingerprint density at radius 1 is 1.40 bits per heavy atom. The number of methoxy groups -OCH3 is 1. The number of hydrogen-bond acceptors (Lipinski definition) is 6. The first-order valence-electron chi connectivity index (χ1n) is 6.21. The second kappa shape index (κ2) is 6.72. The summed E-state index contributed by atoms with van der Waals surface area (Å²) in [5.74, 6) is -0.505. The quantitative estimate of drug-likeness (QED) is 0.818. The van der Waals surface area contributed by atoms with E-state index in [0.29, 0.717) is 13.2 Å². The molecule has 0 aliphatic rings. The lowest BCUT2D eigenvalue weighted by Crippen LogP contribution is -2.05. The molecule has 0 radical (unpaired) electrons. The molecule has 1 N–H and O–H groups in total. The minimum Gasteiger partial charge on any atom is -0.461 e. The molecule has 6 nitrogen and oxygen atoms in total. The van der Waals surface area contributed by atoms with E-state index in [4.69, 9.17) is 13.9 Å². The van der Waals surface area contributed by atoms with Crippen molar-refractivity contribution in [3.05, 3.63) is 41.8 Å². The standard InChI is InChI=1S/C14H16N2O4/c1-3-19-13(17)12-9-20-14(16-12)15-11-7-5-4-6-10(11)8-18-2/h4-7,9H,3,8H2,1-2H3,(H,15,16). The van der Waals surface area contributed by atoms with Gasteiger partial charge in [-0.15, -0.1) is 0 Å². The van der Waals surface area contributed by atoms with Crippen molar-refractivity contribution in [3.63, 3.8) is 0 Å². The van der Waals surface area contributed by atoms with Gasteiger partial charge in [0.15, 0.2) is 5.69 Å². The van der Waals surface area contributed by atoms with Crippen LogP contribution in [0.15, 0.2) is 34.9 Å². The van der Waals surface area contributed by atoms with E-state index in [1.807, 2.05) is 24.3 Å². The summed E-state index contributed by atoms with van der Waals surface area (Å²) in [5, 5.41) is 3.01. The largest absolute Gasteiger partial charge is 0.461 e. The molecule has 106 valence electrons. The second-order valence-electron chi connectivity index (χ2n) is 3.97. The third-order valence-electron chi connectivity index (χ3n) is 2.55. The predicted molar refractivity (Wildman–Crippen MR) is 72.9 cm³/mol. The van der Waals surface area contributed by atoms with Crippen molar-refractivity contribution in [2.75, 3.05) is 19.0 Å². The molecule has 0 unspecified atom stereocenters. The van der Waals surface area contributed by atoms with Gasteiger partial charge in [-0.05, 0) is 13.0 Å². The van der Waals surface area contributed by atoms with E-state index in [1.54, 1.807) is 14.0 Å². The van der Waals surface area contributed by atoms with Crippen LogP contribution >= 0.6 is 0 Å². The molecule has 0 saturated heterocycles. The predicted octanol–water partition coefficient (Wildman–Crippen LogP) is 2.74. The van der Waals surface area contributed by atoms with Crippen molar-refractivity contribution in [1.82, 2.24) is 4.98 Å². The lowest BCUT2D eigenvalue weighted by atomic mass is 10.2. The number of aromatic nitrogens is 1. The van der Waals surface area contributed by atoms with Gasteiger partial charge < -0.3 is 19.2 Å². The van der Waals surface area contributed by atoms with Crippen LogP contribution in [0, 0.1) is 0 Å². The van der Waals surface area contributed by atoms with Crippen molar-refractivity contribution < 1.29 is 18.7 Å². The zero-order chi connectivity index (χ0) is 14.4. The molecule has 1 aromatic heterocycles. The summed E-state index contributed by atoms with van der Waals surface area (Å²) in [7, 11) is 1.63. The molecule has 0 aliphatic heterocycles. The Bertz CT molecular complexity index is 580. The lowest BCUT2D eigenvalue weighted by Gasteiger charge is -2.08. The minimum atomic E-state index is -0.505. The van der Waals surface area contributed by atoms with Gasteiger partial charge in [0.25, 0.3) is 6.01 Å². The Hall–Kier alpha value is -2.34. The number of nitrogens with one attached hydrogen (secondary N) is 1. The van der Waals surface area contributed by atoms with Gasteiger partial charge in [-0.2, -0.15) is 4.98 Å². The number of esters is 1. The Morgan fingerprint density at radius 3 is 2.95 bits per heavy atom. The van der Waals surface area contributed by atoms with Crippen LogP contribution in [0.25, 0.3) is 0 Å². The van der Waals surface area contributed by atoms with Gasteiger partial charge in [-0.25, -0.2) is 4.79 Å². The number of carbonyl (C=O) groups is 1. The van der Waals surface area contributed by atoms with Crippen molar-refractivity contribution >= 4 is 17.7 Å². The maximum atomic E-state index is 11.5. The van der Waals surface area contributed by atoms with E-state index in [1.165, 1.54) is 6.26 Å². The van der Waals surface area contributed by atoms with Crippen molar-refractivity contribution in [1.29, 1.82) is 0 Å². The van der Waals surface area contributed by atoms with E-state index >= 15 is 0 Å². The molecule has 0 amide bonds. The summed E-state index contributed by atoms with van der Waals surface area (Å²) in [6, 6.07) is 7.84. The van der Waals surface area contributed by atoms with Crippen LogP contribution in [0.3, 0.4) is 0 Å². The Balaban J connectivity index is 2.12. The fraction of sp³-hybridized carbons (Fsp3) is 0.286. The normalized spacial score (nSPS) is 10.3. The minimum absolute atomic E-state index is 0.138. The molecule has 0 fully saturated rings. The van der Waals surface area contributed by atoms with Gasteiger partial charge in [0, 0.05) is 18.4 Å². The molecule has 0 bridgehead atoms. The van der Waals surface area contributed by atoms with E-state index in [2.05, 4.69) is 10.3 Å². The Morgan fingerprint density at radius 2 is 2.20 bits per heavy atom. The molecule has 0 spiro atoms. The number of hydrogen-bond donors (Lipinski definition) is 1. The first-order chi connectivity index (χ1) is 9.74. The van der Waals surface area contributed by atoms with Gasteiger partial charge in [0.1, 0.15) is 6.26 Å². The number of ether oxygens (including phenoxy) is 2. The highest BCUT2D eigenvalue weighted by atomic mass is 16.5. The smallest absolute Gasteiger partial charge is 0.360 e. The number of rotatable bonds is 6. The lowest BCUT2D eigenvalue weighted by molar-refractivity contribution is 0.0519. The molecule has 20 heavy (non-hydrogen) atoms. The summed E-state index contributed by atoms with van der Waals surface area (Å²) >= 11 is 0. The van der Waals surface area contributed by atoms with Gasteiger partial charge in [-0.3, -0.25) is 0 Å². The van der Waals surface area contributed by atoms with Gasteiger partial charge in [0.2, 0.25) is 0 Å². The summed E-state index contributed by atoms with van der Waals surface area (Å²) in [5.41, 5.74) is 1.91. The molecule has 0 atom stereocenters. The number of carbonyl (C=O) groups excluding carboxylic acids is 1. The molecule has 1 aromatic carbocycles. The fourth-order valence-electron chi connectivity index (χ4n) is 1.67. The first kappa shape index (κ1) is 14.1. The van der Waals surface area contributed by atoms with Gasteiger partial charge >= 0.3 is 5.97 Å². The zero-order valence-electron chi connectivity index (χ0n) is 11.4. The van der Waals surface area contributed by atoms with Crippen LogP contribution < -0.4 is 5.32 Å². The number of benzene rings is 1. The van der Waals surface area contributed by atoms with Crippen LogP contribution in [0.5, 0.6) is 0 Å². The fourth-order valence-corrected chi connectivity index (χ4v) is 1.67. The van der Waals surface area contributed by atoms with Gasteiger partial charge in [-0.1, -0.05) is 18.2 Å². The molecular formula is C14H16N2O4. The number of para-hydroxylation sites is 1. The molecule has 2 rings (SSSR count). The van der Waals surface area contributed by atoms with E-state index in [0.717, 1.165) is 11.3 Å². The maximum absolute atomic E-state index is 11.5. The van der Waals surface area contributed by atoms with Crippen LogP contribution in [0.1, 0.15) is 23.0 Å². The molecule has 2 aromatic rings. The van der Waals surface area contributed by atoms with E-state index in [-0.39, 0.29) is 11.7 Å². The van der Waals surface area contributed by atoms with Crippen molar-refractivity contribution in [2.24, 2.45) is 0 Å². The summed E-state index contributed by atoms with van der Waals surface area (Å²) < 4.78 is 15.2. The summed E-state index contributed by atoms with van der Waals surface area (Å²) in [6.07, 6.45) is 1.26. The average molecular weight is 276 g/mol. The third-order valence-corrected chi connectivity index (χ3v) is 2.55. The van der Waals surface area contributed by atoms with E-state index < -0.39 is 5.97 Å².